The molecule has 1 aliphatic heterocycles. The van der Waals surface area contributed by atoms with Gasteiger partial charge in [-0.2, -0.15) is 0 Å². The highest BCUT2D eigenvalue weighted by molar-refractivity contribution is 5.90. The molecule has 2 aromatic carbocycles. The van der Waals surface area contributed by atoms with Gasteiger partial charge in [0.05, 0.1) is 111 Å². The average Bonchev–Trinajstić information content (AvgIpc) is 3.16. The van der Waals surface area contributed by atoms with Crippen LogP contribution < -0.4 is 19.5 Å². The van der Waals surface area contributed by atoms with E-state index in [0.717, 1.165) is 18.8 Å². The van der Waals surface area contributed by atoms with Crippen LogP contribution in [0.1, 0.15) is 35.7 Å². The number of ether oxygens (including phenoxy) is 12. The van der Waals surface area contributed by atoms with Crippen molar-refractivity contribution in [3.8, 4) is 17.2 Å². The first-order chi connectivity index (χ1) is 25.8. The zero-order chi connectivity index (χ0) is 36.6. The number of esters is 1. The lowest BCUT2D eigenvalue weighted by atomic mass is 10.2. The first-order valence-corrected chi connectivity index (χ1v) is 18.4. The molecule has 14 nitrogen and oxygen atoms in total. The Morgan fingerprint density at radius 1 is 0.596 bits per heavy atom. The minimum Gasteiger partial charge on any atom is -0.491 e. The van der Waals surface area contributed by atoms with Crippen molar-refractivity contribution in [3.05, 3.63) is 53.6 Å². The summed E-state index contributed by atoms with van der Waals surface area (Å²) in [6, 6.07) is 13.0. The third kappa shape index (κ3) is 21.5. The molecule has 294 valence electrons. The molecule has 0 saturated heterocycles. The Labute approximate surface area is 308 Å². The first kappa shape index (κ1) is 43.4. The van der Waals surface area contributed by atoms with Gasteiger partial charge in [-0.3, -0.25) is 0 Å². The van der Waals surface area contributed by atoms with Crippen molar-refractivity contribution in [1.29, 1.82) is 0 Å². The number of unbranched alkanes of at least 4 members (excludes halogenated alkanes) is 1. The lowest BCUT2D eigenvalue weighted by Crippen LogP contribution is -2.15. The van der Waals surface area contributed by atoms with Gasteiger partial charge in [0, 0.05) is 6.54 Å². The fourth-order valence-corrected chi connectivity index (χ4v) is 4.54. The molecule has 0 unspecified atom stereocenters. The molecule has 0 fully saturated rings. The molecular formula is C38H59NO13. The number of benzene rings is 2. The van der Waals surface area contributed by atoms with Gasteiger partial charge < -0.3 is 62.2 Å². The van der Waals surface area contributed by atoms with Crippen LogP contribution in [-0.4, -0.2) is 145 Å². The van der Waals surface area contributed by atoms with Crippen LogP contribution in [-0.2, 0) is 49.2 Å². The number of fused-ring (bicyclic) bond motifs is 1. The molecule has 52 heavy (non-hydrogen) atoms. The zero-order valence-corrected chi connectivity index (χ0v) is 30.8. The maximum Gasteiger partial charge on any atom is 0.338 e. The lowest BCUT2D eigenvalue weighted by molar-refractivity contribution is -0.0134. The largest absolute Gasteiger partial charge is 0.491 e. The van der Waals surface area contributed by atoms with Crippen LogP contribution in [0.2, 0.25) is 0 Å². The van der Waals surface area contributed by atoms with Crippen LogP contribution in [0, 0.1) is 0 Å². The van der Waals surface area contributed by atoms with E-state index in [-0.39, 0.29) is 19.8 Å². The van der Waals surface area contributed by atoms with Crippen LogP contribution in [0.3, 0.4) is 0 Å². The maximum atomic E-state index is 12.7. The lowest BCUT2D eigenvalue weighted by Gasteiger charge is -2.14. The Bertz CT molecular complexity index is 1150. The summed E-state index contributed by atoms with van der Waals surface area (Å²) < 4.78 is 67.1. The van der Waals surface area contributed by atoms with Crippen molar-refractivity contribution in [2.45, 2.75) is 26.3 Å². The second-order valence-electron chi connectivity index (χ2n) is 11.4. The van der Waals surface area contributed by atoms with Crippen molar-refractivity contribution in [2.75, 3.05) is 139 Å². The molecule has 0 aliphatic carbocycles. The van der Waals surface area contributed by atoms with Crippen molar-refractivity contribution in [1.82, 2.24) is 5.32 Å². The van der Waals surface area contributed by atoms with Crippen molar-refractivity contribution >= 4 is 5.97 Å². The molecule has 1 aliphatic rings. The summed E-state index contributed by atoms with van der Waals surface area (Å²) in [6.45, 7) is 12.0. The summed E-state index contributed by atoms with van der Waals surface area (Å²) in [5.74, 6) is 1.22. The Kier molecular flexibility index (Phi) is 25.4. The van der Waals surface area contributed by atoms with Crippen LogP contribution in [0.25, 0.3) is 0 Å². The number of carbonyl (C=O) groups excluding carboxylic acids is 1. The maximum absolute atomic E-state index is 12.7. The number of rotatable bonds is 19. The highest BCUT2D eigenvalue weighted by Crippen LogP contribution is 2.29. The highest BCUT2D eigenvalue weighted by atomic mass is 16.6. The van der Waals surface area contributed by atoms with E-state index < -0.39 is 5.97 Å². The molecule has 3 rings (SSSR count). The third-order valence-electron chi connectivity index (χ3n) is 7.30. The molecule has 0 aromatic heterocycles. The average molecular weight is 738 g/mol. The fraction of sp³-hybridized carbons (Fsp3) is 0.658. The quantitative estimate of drug-likeness (QED) is 0.166. The first-order valence-electron chi connectivity index (χ1n) is 18.4. The van der Waals surface area contributed by atoms with Gasteiger partial charge in [-0.05, 0) is 48.9 Å². The SMILES string of the molecule is CCCCNCc1ccc(OCCOCCOCCOCCOC(=O)c2ccc3c(c2)OCCOCCOCCOCCOCCOCCO3)cc1. The highest BCUT2D eigenvalue weighted by Gasteiger charge is 2.14. The van der Waals surface area contributed by atoms with Crippen molar-refractivity contribution in [3.63, 3.8) is 0 Å². The van der Waals surface area contributed by atoms with Gasteiger partial charge in [-0.1, -0.05) is 25.5 Å². The van der Waals surface area contributed by atoms with Crippen LogP contribution in [0.5, 0.6) is 17.2 Å². The topological polar surface area (TPSA) is 140 Å². The standard InChI is InChI=1S/C38H59NO13/c1-2-3-10-39-32-33-4-7-35(8-5-33)49-27-23-45-19-15-44-18-22-48-26-30-52-38(40)34-6-9-36-37(31-34)51-29-25-47-21-17-43-14-12-41-11-13-42-16-20-46-24-28-50-36/h4-9,31,39H,2-3,10-30,32H2,1H3. The molecule has 2 aromatic rings. The molecule has 1 heterocycles. The molecule has 0 atom stereocenters. The zero-order valence-electron chi connectivity index (χ0n) is 30.8. The van der Waals surface area contributed by atoms with E-state index in [9.17, 15) is 4.79 Å². The van der Waals surface area contributed by atoms with E-state index in [1.807, 2.05) is 12.1 Å². The van der Waals surface area contributed by atoms with Gasteiger partial charge in [0.25, 0.3) is 0 Å². The van der Waals surface area contributed by atoms with Crippen molar-refractivity contribution < 1.29 is 61.6 Å². The van der Waals surface area contributed by atoms with E-state index in [2.05, 4.69) is 24.4 Å². The molecule has 0 bridgehead atoms. The van der Waals surface area contributed by atoms with Gasteiger partial charge in [-0.25, -0.2) is 4.79 Å². The normalized spacial score (nSPS) is 15.7. The molecule has 1 N–H and O–H groups in total. The predicted octanol–water partition coefficient (Wildman–Crippen LogP) is 3.72. The minimum atomic E-state index is -0.498. The molecular weight excluding hydrogens is 678 g/mol. The Balaban J connectivity index is 1.23. The third-order valence-corrected chi connectivity index (χ3v) is 7.30. The van der Waals surface area contributed by atoms with Crippen LogP contribution in [0.4, 0.5) is 0 Å². The molecule has 14 heteroatoms. The summed E-state index contributed by atoms with van der Waals surface area (Å²) in [6.07, 6.45) is 2.38. The Morgan fingerprint density at radius 2 is 1.10 bits per heavy atom. The number of nitrogens with one attached hydrogen (secondary N) is 1. The van der Waals surface area contributed by atoms with Gasteiger partial charge in [0.1, 0.15) is 32.2 Å². The second-order valence-corrected chi connectivity index (χ2v) is 11.4. The fourth-order valence-electron chi connectivity index (χ4n) is 4.54. The second kappa shape index (κ2) is 30.4. The van der Waals surface area contributed by atoms with Gasteiger partial charge in [-0.15, -0.1) is 0 Å². The van der Waals surface area contributed by atoms with Crippen LogP contribution in [0.15, 0.2) is 42.5 Å². The summed E-state index contributed by atoms with van der Waals surface area (Å²) in [5.41, 5.74) is 1.57. The van der Waals surface area contributed by atoms with Crippen molar-refractivity contribution in [2.24, 2.45) is 0 Å². The van der Waals surface area contributed by atoms with Gasteiger partial charge >= 0.3 is 5.97 Å². The number of carbonyl (C=O) groups is 1. The summed E-state index contributed by atoms with van der Waals surface area (Å²) in [5, 5.41) is 3.43. The van der Waals surface area contributed by atoms with Crippen LogP contribution >= 0.6 is 0 Å². The Morgan fingerprint density at radius 3 is 1.65 bits per heavy atom. The van der Waals surface area contributed by atoms with E-state index in [1.54, 1.807) is 18.2 Å². The summed E-state index contributed by atoms with van der Waals surface area (Å²) in [7, 11) is 0. The molecule has 0 radical (unpaired) electrons. The Hall–Kier alpha value is -3.05. The van der Waals surface area contributed by atoms with E-state index in [1.165, 1.54) is 18.4 Å². The summed E-state index contributed by atoms with van der Waals surface area (Å²) >= 11 is 0. The van der Waals surface area contributed by atoms with E-state index in [0.29, 0.717) is 129 Å². The monoisotopic (exact) mass is 737 g/mol. The number of hydrogen-bond donors (Lipinski definition) is 1. The summed E-state index contributed by atoms with van der Waals surface area (Å²) in [4.78, 5) is 12.7. The smallest absolute Gasteiger partial charge is 0.338 e. The molecule has 0 amide bonds. The van der Waals surface area contributed by atoms with E-state index >= 15 is 0 Å². The molecule has 0 spiro atoms. The predicted molar refractivity (Wildman–Crippen MR) is 193 cm³/mol. The number of hydrogen-bond acceptors (Lipinski definition) is 14. The van der Waals surface area contributed by atoms with E-state index in [4.69, 9.17) is 56.8 Å². The minimum absolute atomic E-state index is 0.0953. The van der Waals surface area contributed by atoms with Gasteiger partial charge in [0.2, 0.25) is 0 Å². The molecule has 0 saturated carbocycles. The van der Waals surface area contributed by atoms with Gasteiger partial charge in [0.15, 0.2) is 11.5 Å².